The lowest BCUT2D eigenvalue weighted by atomic mass is 9.88. The van der Waals surface area contributed by atoms with Crippen LogP contribution < -0.4 is 11.1 Å². The maximum absolute atomic E-state index is 12.1. The number of nitrogens with two attached hydrogens (primary N) is 1. The topological polar surface area (TPSA) is 58.4 Å². The number of hydrogen-bond donors (Lipinski definition) is 2. The zero-order valence-electron chi connectivity index (χ0n) is 12.6. The Balaban J connectivity index is 2.18. The van der Waals surface area contributed by atoms with Crippen LogP contribution >= 0.6 is 11.3 Å². The predicted molar refractivity (Wildman–Crippen MR) is 83.7 cm³/mol. The van der Waals surface area contributed by atoms with E-state index in [1.54, 1.807) is 18.4 Å². The fraction of sp³-hybridized carbons (Fsp3) is 0.667. The van der Waals surface area contributed by atoms with Crippen LogP contribution in [0.4, 0.5) is 0 Å². The molecule has 112 valence electrons. The van der Waals surface area contributed by atoms with Crippen LogP contribution in [-0.4, -0.2) is 37.0 Å². The lowest BCUT2D eigenvalue weighted by molar-refractivity contribution is -0.129. The molecule has 4 nitrogen and oxygen atoms in total. The molecule has 1 fully saturated rings. The Kier molecular flexibility index (Phi) is 4.83. The summed E-state index contributed by atoms with van der Waals surface area (Å²) >= 11 is 1.75. The minimum absolute atomic E-state index is 0.112. The normalized spacial score (nSPS) is 26.4. The number of nitrogens with one attached hydrogen (secondary N) is 1. The van der Waals surface area contributed by atoms with Gasteiger partial charge in [-0.3, -0.25) is 9.69 Å². The first-order valence-corrected chi connectivity index (χ1v) is 8.15. The van der Waals surface area contributed by atoms with Crippen molar-refractivity contribution >= 4 is 17.2 Å². The Morgan fingerprint density at radius 2 is 2.40 bits per heavy atom. The van der Waals surface area contributed by atoms with E-state index < -0.39 is 0 Å². The van der Waals surface area contributed by atoms with E-state index in [0.717, 1.165) is 25.9 Å². The van der Waals surface area contributed by atoms with Gasteiger partial charge >= 0.3 is 0 Å². The molecule has 5 heteroatoms. The summed E-state index contributed by atoms with van der Waals surface area (Å²) in [5.41, 5.74) is 6.06. The molecule has 0 bridgehead atoms. The SMILES string of the molecule is CCC(N)C(c1cccs1)N1CCC(C)(C(=O)NC)C1. The molecule has 3 unspecified atom stereocenters. The summed E-state index contributed by atoms with van der Waals surface area (Å²) in [6.45, 7) is 5.89. The quantitative estimate of drug-likeness (QED) is 0.873. The fourth-order valence-electron chi connectivity index (χ4n) is 3.07. The molecule has 0 saturated carbocycles. The molecule has 2 rings (SSSR count). The molecular formula is C15H25N3OS. The summed E-state index contributed by atoms with van der Waals surface area (Å²) < 4.78 is 0. The van der Waals surface area contributed by atoms with Crippen LogP contribution in [0.1, 0.15) is 37.6 Å². The van der Waals surface area contributed by atoms with Crippen molar-refractivity contribution in [2.75, 3.05) is 20.1 Å². The highest BCUT2D eigenvalue weighted by Gasteiger charge is 2.43. The van der Waals surface area contributed by atoms with Gasteiger partial charge < -0.3 is 11.1 Å². The molecule has 3 N–H and O–H groups in total. The van der Waals surface area contributed by atoms with E-state index in [0.29, 0.717) is 0 Å². The molecule has 20 heavy (non-hydrogen) atoms. The third kappa shape index (κ3) is 2.90. The average molecular weight is 295 g/mol. The average Bonchev–Trinajstić information content (AvgIpc) is 3.09. The minimum atomic E-state index is -0.294. The van der Waals surface area contributed by atoms with Gasteiger partial charge in [-0.15, -0.1) is 11.3 Å². The summed E-state index contributed by atoms with van der Waals surface area (Å²) in [5.74, 6) is 0.134. The minimum Gasteiger partial charge on any atom is -0.359 e. The Labute approximate surface area is 125 Å². The fourth-order valence-corrected chi connectivity index (χ4v) is 4.00. The van der Waals surface area contributed by atoms with E-state index in [1.807, 2.05) is 0 Å². The molecule has 1 saturated heterocycles. The Bertz CT molecular complexity index is 448. The number of thiophene rings is 1. The molecular weight excluding hydrogens is 270 g/mol. The number of amides is 1. The molecule has 1 aromatic heterocycles. The molecule has 1 aliphatic heterocycles. The first kappa shape index (κ1) is 15.5. The van der Waals surface area contributed by atoms with Crippen LogP contribution in [0, 0.1) is 5.41 Å². The van der Waals surface area contributed by atoms with Gasteiger partial charge in [-0.2, -0.15) is 0 Å². The monoisotopic (exact) mass is 295 g/mol. The van der Waals surface area contributed by atoms with Crippen LogP contribution in [0.15, 0.2) is 17.5 Å². The van der Waals surface area contributed by atoms with Crippen molar-refractivity contribution < 1.29 is 4.79 Å². The van der Waals surface area contributed by atoms with Crippen molar-refractivity contribution in [2.45, 2.75) is 38.8 Å². The lowest BCUT2D eigenvalue weighted by Crippen LogP contribution is -2.43. The van der Waals surface area contributed by atoms with E-state index in [1.165, 1.54) is 4.88 Å². The van der Waals surface area contributed by atoms with Crippen molar-refractivity contribution in [1.82, 2.24) is 10.2 Å². The maximum atomic E-state index is 12.1. The third-order valence-electron chi connectivity index (χ3n) is 4.38. The van der Waals surface area contributed by atoms with Gasteiger partial charge in [0.25, 0.3) is 0 Å². The van der Waals surface area contributed by atoms with Crippen molar-refractivity contribution in [2.24, 2.45) is 11.1 Å². The zero-order valence-corrected chi connectivity index (χ0v) is 13.4. The number of carbonyl (C=O) groups excluding carboxylic acids is 1. The molecule has 0 aromatic carbocycles. The van der Waals surface area contributed by atoms with Gasteiger partial charge in [-0.25, -0.2) is 0 Å². The van der Waals surface area contributed by atoms with E-state index in [-0.39, 0.29) is 23.4 Å². The molecule has 0 radical (unpaired) electrons. The Hall–Kier alpha value is -0.910. The standard InChI is InChI=1S/C15H25N3OS/c1-4-11(16)13(12-6-5-9-20-12)18-8-7-15(2,10-18)14(19)17-3/h5-6,9,11,13H,4,7-8,10,16H2,1-3H3,(H,17,19). The van der Waals surface area contributed by atoms with Crippen molar-refractivity contribution in [3.8, 4) is 0 Å². The second kappa shape index (κ2) is 6.24. The third-order valence-corrected chi connectivity index (χ3v) is 5.33. The van der Waals surface area contributed by atoms with Gasteiger partial charge in [-0.1, -0.05) is 13.0 Å². The summed E-state index contributed by atoms with van der Waals surface area (Å²) in [7, 11) is 1.71. The van der Waals surface area contributed by atoms with E-state index in [4.69, 9.17) is 5.73 Å². The molecule has 3 atom stereocenters. The summed E-state index contributed by atoms with van der Waals surface area (Å²) in [4.78, 5) is 15.8. The Morgan fingerprint density at radius 1 is 1.65 bits per heavy atom. The number of hydrogen-bond acceptors (Lipinski definition) is 4. The van der Waals surface area contributed by atoms with Crippen molar-refractivity contribution in [3.05, 3.63) is 22.4 Å². The largest absolute Gasteiger partial charge is 0.359 e. The second-order valence-electron chi connectivity index (χ2n) is 5.89. The van der Waals surface area contributed by atoms with Gasteiger partial charge in [-0.05, 0) is 37.8 Å². The number of nitrogens with zero attached hydrogens (tertiary/aromatic N) is 1. The summed E-state index contributed by atoms with van der Waals surface area (Å²) in [6.07, 6.45) is 1.83. The molecule has 2 heterocycles. The predicted octanol–water partition coefficient (Wildman–Crippen LogP) is 1.98. The molecule has 1 aromatic rings. The van der Waals surface area contributed by atoms with Crippen LogP contribution in [0.3, 0.4) is 0 Å². The van der Waals surface area contributed by atoms with Gasteiger partial charge in [0.05, 0.1) is 11.5 Å². The van der Waals surface area contributed by atoms with E-state index >= 15 is 0 Å². The van der Waals surface area contributed by atoms with Gasteiger partial charge in [0.15, 0.2) is 0 Å². The van der Waals surface area contributed by atoms with Gasteiger partial charge in [0.1, 0.15) is 0 Å². The second-order valence-corrected chi connectivity index (χ2v) is 6.87. The molecule has 1 amide bonds. The maximum Gasteiger partial charge on any atom is 0.227 e. The highest BCUT2D eigenvalue weighted by Crippen LogP contribution is 2.38. The summed E-state index contributed by atoms with van der Waals surface area (Å²) in [5, 5.41) is 4.89. The Morgan fingerprint density at radius 3 is 2.95 bits per heavy atom. The van der Waals surface area contributed by atoms with Gasteiger partial charge in [0, 0.05) is 24.5 Å². The smallest absolute Gasteiger partial charge is 0.227 e. The van der Waals surface area contributed by atoms with Crippen LogP contribution in [-0.2, 0) is 4.79 Å². The van der Waals surface area contributed by atoms with E-state index in [9.17, 15) is 4.79 Å². The number of rotatable bonds is 5. The molecule has 0 aliphatic carbocycles. The number of likely N-dealkylation sites (tertiary alicyclic amines) is 1. The highest BCUT2D eigenvalue weighted by molar-refractivity contribution is 7.10. The first-order chi connectivity index (χ1) is 9.51. The molecule has 1 aliphatic rings. The number of carbonyl (C=O) groups is 1. The lowest BCUT2D eigenvalue weighted by Gasteiger charge is -2.32. The zero-order chi connectivity index (χ0) is 14.8. The van der Waals surface area contributed by atoms with Gasteiger partial charge in [0.2, 0.25) is 5.91 Å². The van der Waals surface area contributed by atoms with E-state index in [2.05, 4.69) is 41.6 Å². The van der Waals surface area contributed by atoms with Crippen molar-refractivity contribution in [3.63, 3.8) is 0 Å². The highest BCUT2D eigenvalue weighted by atomic mass is 32.1. The van der Waals surface area contributed by atoms with Crippen LogP contribution in [0.2, 0.25) is 0 Å². The molecule has 0 spiro atoms. The first-order valence-electron chi connectivity index (χ1n) is 7.27. The summed E-state index contributed by atoms with van der Waals surface area (Å²) in [6, 6.07) is 4.57. The van der Waals surface area contributed by atoms with Crippen LogP contribution in [0.25, 0.3) is 0 Å². The van der Waals surface area contributed by atoms with Crippen molar-refractivity contribution in [1.29, 1.82) is 0 Å². The van der Waals surface area contributed by atoms with Crippen LogP contribution in [0.5, 0.6) is 0 Å².